The summed E-state index contributed by atoms with van der Waals surface area (Å²) in [7, 11) is 0. The summed E-state index contributed by atoms with van der Waals surface area (Å²) in [5.74, 6) is 0. The molecule has 0 saturated heterocycles. The molecule has 0 heterocycles. The van der Waals surface area contributed by atoms with Crippen LogP contribution in [0.1, 0.15) is 0 Å². The summed E-state index contributed by atoms with van der Waals surface area (Å²) in [5, 5.41) is 15.3. The van der Waals surface area contributed by atoms with Crippen LogP contribution in [0.15, 0.2) is 0 Å². The number of hydrogen-bond acceptors (Lipinski definition) is 4. The van der Waals surface area contributed by atoms with Gasteiger partial charge in [-0.25, -0.2) is 0 Å². The van der Waals surface area contributed by atoms with Gasteiger partial charge in [-0.1, -0.05) is 0 Å². The molecule has 6 heteroatoms. The molecule has 0 N–H and O–H groups in total. The Hall–Kier alpha value is 0.0995. The molecule has 0 spiro atoms. The molecule has 1 radical (unpaired) electrons. The normalized spacial score (nSPS) is 4.75. The molecule has 4 nitrogen and oxygen atoms in total. The van der Waals surface area contributed by atoms with Crippen LogP contribution < -0.4 is 0 Å². The van der Waals surface area contributed by atoms with Crippen LogP contribution in [0.3, 0.4) is 0 Å². The fourth-order valence-corrected chi connectivity index (χ4v) is 0.247. The Morgan fingerprint density at radius 1 is 1.12 bits per heavy atom. The molecule has 0 saturated carbocycles. The van der Waals surface area contributed by atoms with Gasteiger partial charge in [-0.3, -0.25) is 0 Å². The zero-order valence-corrected chi connectivity index (χ0v) is 7.83. The van der Waals surface area contributed by atoms with E-state index >= 15 is 0 Å². The van der Waals surface area contributed by atoms with Crippen LogP contribution in [0.2, 0.25) is 0 Å². The molecule has 37 valence electrons. The molecule has 0 fully saturated rings. The van der Waals surface area contributed by atoms with E-state index in [4.69, 9.17) is 10.5 Å². The predicted molar refractivity (Wildman–Crippen MR) is 24.9 cm³/mol. The van der Waals surface area contributed by atoms with Crippen molar-refractivity contribution in [2.24, 2.45) is 0 Å². The van der Waals surface area contributed by atoms with E-state index in [0.717, 1.165) is 0 Å². The summed E-state index contributed by atoms with van der Waals surface area (Å²) in [6, 6.07) is 0. The van der Waals surface area contributed by atoms with Crippen LogP contribution in [0, 0.1) is 23.0 Å². The number of nitrogens with zero attached hydrogens (tertiary/aromatic N) is 2. The topological polar surface area (TPSA) is 66.0 Å². The molecule has 0 amide bonds. The van der Waals surface area contributed by atoms with E-state index in [1.54, 1.807) is 0 Å². The van der Waals surface area contributed by atoms with Gasteiger partial charge in [0, 0.05) is 29.6 Å². The third kappa shape index (κ3) is 9.44. The molecule has 0 aliphatic carbocycles. The summed E-state index contributed by atoms with van der Waals surface area (Å²) in [6.07, 6.45) is 2.71. The van der Waals surface area contributed by atoms with Crippen LogP contribution in [-0.2, 0) is 7.64 Å². The van der Waals surface area contributed by atoms with Gasteiger partial charge in [0.05, 0.1) is 0 Å². The predicted octanol–water partition coefficient (Wildman–Crippen LogP) is -0.865. The van der Waals surface area contributed by atoms with E-state index in [1.165, 1.54) is 12.5 Å². The van der Waals surface area contributed by atoms with E-state index in [2.05, 4.69) is 7.64 Å². The molecule has 0 aromatic heterocycles. The van der Waals surface area contributed by atoms with Gasteiger partial charge >= 0.3 is 46.3 Å². The van der Waals surface area contributed by atoms with Crippen LogP contribution >= 0.6 is 0 Å². The smallest absolute Gasteiger partial charge is 0 e. The Labute approximate surface area is 75.5 Å². The van der Waals surface area contributed by atoms with Crippen molar-refractivity contribution in [2.45, 2.75) is 0 Å². The van der Waals surface area contributed by atoms with Gasteiger partial charge in [0.2, 0.25) is 0 Å². The quantitative estimate of drug-likeness (QED) is 0.319. The molecule has 0 aromatic carbocycles. The molecule has 8 heavy (non-hydrogen) atoms. The van der Waals surface area contributed by atoms with Crippen molar-refractivity contribution in [2.75, 3.05) is 0 Å². The van der Waals surface area contributed by atoms with E-state index in [-0.39, 0.29) is 29.6 Å². The Balaban J connectivity index is 0. The number of nitriles is 2. The maximum absolute atomic E-state index is 7.65. The average molecular weight is 186 g/mol. The zero-order valence-electron chi connectivity index (χ0n) is 4.12. The minimum absolute atomic E-state index is 0. The largest absolute Gasteiger partial charge is 0 e. The maximum Gasteiger partial charge on any atom is 0 e. The summed E-state index contributed by atoms with van der Waals surface area (Å²) < 4.78 is 7.99. The summed E-state index contributed by atoms with van der Waals surface area (Å²) in [4.78, 5) is 0. The Kier molecular flexibility index (Phi) is 13.9. The van der Waals surface area contributed by atoms with Gasteiger partial charge in [-0.2, -0.15) is 0 Å². The van der Waals surface area contributed by atoms with E-state index in [9.17, 15) is 0 Å². The van der Waals surface area contributed by atoms with Gasteiger partial charge < -0.3 is 0 Å². The van der Waals surface area contributed by atoms with Crippen LogP contribution in [0.5, 0.6) is 0 Å². The first kappa shape index (κ1) is 11.0. The first-order valence-electron chi connectivity index (χ1n) is 1.19. The van der Waals surface area contributed by atoms with E-state index in [0.29, 0.717) is 0 Å². The van der Waals surface area contributed by atoms with Crippen molar-refractivity contribution < 1.29 is 7.64 Å². The average Bonchev–Trinajstić information content (AvgIpc) is 1.69. The first-order valence-corrected chi connectivity index (χ1v) is 2.59. The summed E-state index contributed by atoms with van der Waals surface area (Å²) in [5.41, 5.74) is 0. The van der Waals surface area contributed by atoms with Crippen LogP contribution in [-0.4, -0.2) is 45.2 Å². The monoisotopic (exact) mass is 187 g/mol. The molecule has 0 rings (SSSR count). The Morgan fingerprint density at radius 3 is 1.75 bits per heavy atom. The zero-order chi connectivity index (χ0) is 5.54. The van der Waals surface area contributed by atoms with Crippen LogP contribution in [0.25, 0.3) is 0 Å². The number of rotatable bonds is 2. The van der Waals surface area contributed by atoms with Crippen molar-refractivity contribution in [3.63, 3.8) is 0 Å². The molecule has 0 aliphatic heterocycles. The van der Waals surface area contributed by atoms with Gasteiger partial charge in [0.25, 0.3) is 0 Å². The van der Waals surface area contributed by atoms with Gasteiger partial charge in [0.1, 0.15) is 0 Å². The third-order valence-electron chi connectivity index (χ3n) is 0.143. The molecular weight excluding hydrogens is 186 g/mol. The fourth-order valence-electron chi connectivity index (χ4n) is 0.0474. The molecule has 0 aliphatic rings. The van der Waals surface area contributed by atoms with Crippen LogP contribution in [0.4, 0.5) is 0 Å². The molecule has 0 bridgehead atoms. The van der Waals surface area contributed by atoms with E-state index in [1.807, 2.05) is 0 Å². The third-order valence-corrected chi connectivity index (χ3v) is 0.741. The van der Waals surface area contributed by atoms with Gasteiger partial charge in [-0.15, -0.1) is 0 Å². The second kappa shape index (κ2) is 10.2. The fraction of sp³-hybridized carbons (Fsp3) is 0. The minimum Gasteiger partial charge on any atom is 0 e. The van der Waals surface area contributed by atoms with E-state index < -0.39 is 15.6 Å². The van der Waals surface area contributed by atoms with Crippen molar-refractivity contribution in [3.05, 3.63) is 0 Å². The second-order valence-corrected chi connectivity index (χ2v) is 1.40. The molecular formula is C2N2NaO2Se. The van der Waals surface area contributed by atoms with Crippen molar-refractivity contribution >= 4 is 45.2 Å². The number of hydrogen-bond donors (Lipinski definition) is 0. The minimum atomic E-state index is -0.747. The Bertz CT molecular complexity index is 102. The molecule has 0 atom stereocenters. The van der Waals surface area contributed by atoms with Crippen molar-refractivity contribution in [3.8, 4) is 12.5 Å². The SMILES string of the molecule is N#CO[Se]OC#N.[Na]. The summed E-state index contributed by atoms with van der Waals surface area (Å²) in [6.45, 7) is 0. The molecule has 0 aromatic rings. The first-order chi connectivity index (χ1) is 3.41. The Morgan fingerprint density at radius 2 is 1.50 bits per heavy atom. The van der Waals surface area contributed by atoms with Gasteiger partial charge in [-0.05, 0) is 0 Å². The van der Waals surface area contributed by atoms with Crippen molar-refractivity contribution in [1.82, 2.24) is 0 Å². The maximum atomic E-state index is 7.65. The molecule has 0 unspecified atom stereocenters. The summed E-state index contributed by atoms with van der Waals surface area (Å²) >= 11 is -0.747. The van der Waals surface area contributed by atoms with Crippen molar-refractivity contribution in [1.29, 1.82) is 10.5 Å². The van der Waals surface area contributed by atoms with Gasteiger partial charge in [0.15, 0.2) is 0 Å². The second-order valence-electron chi connectivity index (χ2n) is 0.417. The standard InChI is InChI=1S/C2N2O2Se.Na/c3-1-5-7-6-2-4;.